The number of aromatic nitrogens is 6. The number of halogens is 3. The van der Waals surface area contributed by atoms with Gasteiger partial charge < -0.3 is 66.3 Å². The number of hydrogen-bond donors (Lipinski definition) is 11. The maximum atomic E-state index is 12.9. The van der Waals surface area contributed by atoms with Gasteiger partial charge in [0, 0.05) is 108 Å². The molecule has 0 aliphatic rings. The quantitative estimate of drug-likeness (QED) is 0.0251. The average molecular weight is 1480 g/mol. The highest BCUT2D eigenvalue weighted by Crippen LogP contribution is 2.39. The number of aromatic amines is 3. The van der Waals surface area contributed by atoms with Crippen molar-refractivity contribution in [1.82, 2.24) is 40.5 Å². The largest absolute Gasteiger partial charge is 0.477 e. The summed E-state index contributed by atoms with van der Waals surface area (Å²) in [6.07, 6.45) is 9.92. The minimum Gasteiger partial charge on any atom is -0.477 e. The first-order valence-electron chi connectivity index (χ1n) is 33.0. The number of carboxylic acid groups (broad SMARTS) is 1. The Labute approximate surface area is 615 Å². The normalized spacial score (nSPS) is 11.4. The number of aliphatic hydroxyl groups is 1. The Kier molecular flexibility index (Phi) is 32.8. The van der Waals surface area contributed by atoms with E-state index in [1.54, 1.807) is 55.4 Å². The van der Waals surface area contributed by atoms with Crippen molar-refractivity contribution in [1.29, 1.82) is 0 Å². The standard InChI is InChI=1S/C27H37ClN4O2Si.C21H23ClN4O2.C14H25NOSi.C13H14ClN3O2.2CH4/c1-18(2)32-25-13-22(23(28)16-30-25)21-12-24(29-15-21)26(33)31-14-19-10-8-9-11-20(19)17-34-35(6,7)27(3,4)5;1-13(2)26-20-8-17(18(22)11-24-20)16-7-19(23-10-16)21(28)25-9-14-5-3-4-6-15(14)12-27;1-14(2,3)17(4,5)16-11-13-9-7-6-8-12(13)10-15;1-7(2)17-12-4-9(10(14)6-16-12)8-3-11(13(18)19)15-5-8;;/h8-13,15-16,18,29H,14,17H2,1-7H3,(H,30,32)(H,31,33);3-8,10-11,13,23,27H,9,12H2,1-2H3,(H,24,26)(H,25,28);6-9H,10-11,15H2,1-5H3;3-7,15H,1-2H3,(H,16,17)(H,18,19);2*1H4. The summed E-state index contributed by atoms with van der Waals surface area (Å²) in [6, 6.07) is 35.2. The van der Waals surface area contributed by atoms with Gasteiger partial charge in [-0.3, -0.25) is 9.59 Å². The predicted molar refractivity (Wildman–Crippen MR) is 423 cm³/mol. The van der Waals surface area contributed by atoms with Crippen molar-refractivity contribution in [2.75, 3.05) is 16.0 Å². The summed E-state index contributed by atoms with van der Waals surface area (Å²) in [5.41, 5.74) is 17.7. The summed E-state index contributed by atoms with van der Waals surface area (Å²) in [5.74, 6) is 0.751. The third-order valence-corrected chi connectivity index (χ3v) is 26.9. The first-order valence-corrected chi connectivity index (χ1v) is 40.0. The number of H-pyrrole nitrogens is 3. The molecule has 0 fully saturated rings. The van der Waals surface area contributed by atoms with Crippen LogP contribution >= 0.6 is 34.8 Å². The molecule has 9 aromatic rings. The molecule has 0 atom stereocenters. The molecule has 0 aliphatic heterocycles. The van der Waals surface area contributed by atoms with E-state index in [-0.39, 0.29) is 67.2 Å². The molecule has 0 aliphatic carbocycles. The van der Waals surface area contributed by atoms with Gasteiger partial charge in [-0.15, -0.1) is 0 Å². The van der Waals surface area contributed by atoms with Crippen molar-refractivity contribution < 1.29 is 33.4 Å². The molecular formula is C77H107Cl3N12O7Si2. The lowest BCUT2D eigenvalue weighted by Crippen LogP contribution is -2.40. The molecule has 0 bridgehead atoms. The smallest absolute Gasteiger partial charge is 0.352 e. The van der Waals surface area contributed by atoms with Gasteiger partial charge in [-0.1, -0.05) is 164 Å². The van der Waals surface area contributed by atoms with Gasteiger partial charge in [-0.05, 0) is 148 Å². The maximum absolute atomic E-state index is 12.9. The second kappa shape index (κ2) is 38.8. The van der Waals surface area contributed by atoms with Crippen molar-refractivity contribution in [3.8, 4) is 33.4 Å². The summed E-state index contributed by atoms with van der Waals surface area (Å²) in [7, 11) is -3.53. The minimum atomic E-state index is -1.87. The van der Waals surface area contributed by atoms with Crippen LogP contribution in [0.3, 0.4) is 0 Å². The van der Waals surface area contributed by atoms with E-state index >= 15 is 0 Å². The number of carboxylic acids is 1. The number of benzene rings is 3. The van der Waals surface area contributed by atoms with Crippen LogP contribution in [0, 0.1) is 0 Å². The van der Waals surface area contributed by atoms with E-state index < -0.39 is 22.6 Å². The lowest BCUT2D eigenvalue weighted by atomic mass is 10.1. The number of aliphatic hydroxyl groups excluding tert-OH is 1. The summed E-state index contributed by atoms with van der Waals surface area (Å²) in [5, 5.41) is 35.8. The van der Waals surface area contributed by atoms with E-state index in [1.165, 1.54) is 11.1 Å². The SMILES string of the molecule is C.C.CC(C)(C)[Si](C)(C)OCc1ccccc1CN.CC(C)Nc1cc(-c2c[nH]c(C(=O)NCc3ccccc3CO)c2)c(Cl)cn1.CC(C)Nc1cc(-c2c[nH]c(C(=O)NCc3ccccc3CO[Si](C)(C)C(C)(C)C)c2)c(Cl)cn1.CC(C)Nc1cc(-c2c[nH]c(C(=O)O)c2)c(Cl)cn1. The number of aromatic carboxylic acids is 1. The molecule has 9 rings (SSSR count). The fourth-order valence-corrected chi connectivity index (χ4v) is 11.8. The molecule has 12 N–H and O–H groups in total. The number of pyridine rings is 3. The Bertz CT molecular complexity index is 4120. The molecule has 0 unspecified atom stereocenters. The van der Waals surface area contributed by atoms with E-state index in [9.17, 15) is 19.5 Å². The fourth-order valence-electron chi connectivity index (χ4n) is 9.28. The Morgan fingerprint density at radius 1 is 0.495 bits per heavy atom. The summed E-state index contributed by atoms with van der Waals surface area (Å²) < 4.78 is 12.6. The van der Waals surface area contributed by atoms with E-state index in [1.807, 2.05) is 114 Å². The highest BCUT2D eigenvalue weighted by Gasteiger charge is 2.38. The van der Waals surface area contributed by atoms with Crippen LogP contribution in [0.15, 0.2) is 146 Å². The zero-order valence-electron chi connectivity index (χ0n) is 59.8. The molecule has 0 spiro atoms. The number of amides is 2. The van der Waals surface area contributed by atoms with Crippen LogP contribution in [0.4, 0.5) is 17.5 Å². The molecule has 0 saturated heterocycles. The van der Waals surface area contributed by atoms with Gasteiger partial charge in [-0.2, -0.15) is 0 Å². The average Bonchev–Trinajstić information content (AvgIpc) is 1.67. The summed E-state index contributed by atoms with van der Waals surface area (Å²) in [6.45, 7) is 37.2. The van der Waals surface area contributed by atoms with Gasteiger partial charge >= 0.3 is 5.97 Å². The predicted octanol–water partition coefficient (Wildman–Crippen LogP) is 19.2. The second-order valence-corrected chi connectivity index (χ2v) is 38.7. The minimum absolute atomic E-state index is 0. The van der Waals surface area contributed by atoms with Crippen LogP contribution in [0.5, 0.6) is 0 Å². The van der Waals surface area contributed by atoms with Crippen molar-refractivity contribution in [2.24, 2.45) is 5.73 Å². The van der Waals surface area contributed by atoms with Gasteiger partial charge in [0.25, 0.3) is 11.8 Å². The molecule has 24 heteroatoms. The van der Waals surface area contributed by atoms with Crippen molar-refractivity contribution in [3.05, 3.63) is 212 Å². The van der Waals surface area contributed by atoms with Crippen LogP contribution < -0.4 is 32.3 Å². The number of carbonyl (C=O) groups is 3. The lowest BCUT2D eigenvalue weighted by molar-refractivity contribution is 0.0690. The molecule has 546 valence electrons. The summed E-state index contributed by atoms with van der Waals surface area (Å²) >= 11 is 18.8. The van der Waals surface area contributed by atoms with Gasteiger partial charge in [0.15, 0.2) is 16.6 Å². The molecule has 3 aromatic carbocycles. The van der Waals surface area contributed by atoms with E-state index in [4.69, 9.17) is 54.5 Å². The molecule has 2 amide bonds. The van der Waals surface area contributed by atoms with Crippen molar-refractivity contribution in [2.45, 2.75) is 192 Å². The third-order valence-electron chi connectivity index (χ3n) is 17.0. The molecule has 0 saturated carbocycles. The molecule has 19 nitrogen and oxygen atoms in total. The van der Waals surface area contributed by atoms with Crippen molar-refractivity contribution in [3.63, 3.8) is 0 Å². The number of nitrogens with zero attached hydrogens (tertiary/aromatic N) is 3. The number of anilines is 3. The van der Waals surface area contributed by atoms with E-state index in [0.29, 0.717) is 65.1 Å². The molecule has 6 aromatic heterocycles. The Hall–Kier alpha value is -8.10. The van der Waals surface area contributed by atoms with E-state index in [2.05, 4.69) is 142 Å². The fraction of sp³-hybridized carbons (Fsp3) is 0.377. The number of nitrogens with one attached hydrogen (secondary N) is 8. The number of carbonyl (C=O) groups excluding carboxylic acids is 2. The van der Waals surface area contributed by atoms with Crippen LogP contribution in [-0.2, 0) is 48.3 Å². The van der Waals surface area contributed by atoms with E-state index in [0.717, 1.165) is 67.3 Å². The Balaban J connectivity index is 0.000000295. The van der Waals surface area contributed by atoms with Gasteiger partial charge in [0.05, 0.1) is 34.9 Å². The van der Waals surface area contributed by atoms with Gasteiger partial charge in [-0.25, -0.2) is 19.7 Å². The number of hydrogen-bond acceptors (Lipinski definition) is 13. The lowest BCUT2D eigenvalue weighted by Gasteiger charge is -2.36. The zero-order chi connectivity index (χ0) is 73.0. The van der Waals surface area contributed by atoms with Crippen LogP contribution in [-0.4, -0.2) is 92.7 Å². The maximum Gasteiger partial charge on any atom is 0.352 e. The number of rotatable bonds is 24. The molecule has 6 heterocycles. The zero-order valence-corrected chi connectivity index (χ0v) is 64.1. The second-order valence-electron chi connectivity index (χ2n) is 27.9. The molecule has 101 heavy (non-hydrogen) atoms. The van der Waals surface area contributed by atoms with Crippen molar-refractivity contribution >= 4 is 86.7 Å². The van der Waals surface area contributed by atoms with Crippen LogP contribution in [0.2, 0.25) is 51.3 Å². The molecule has 0 radical (unpaired) electrons. The highest BCUT2D eigenvalue weighted by atomic mass is 35.5. The summed E-state index contributed by atoms with van der Waals surface area (Å²) in [4.78, 5) is 57.8. The monoisotopic (exact) mass is 1470 g/mol. The topological polar surface area (TPSA) is 282 Å². The Morgan fingerprint density at radius 3 is 1.10 bits per heavy atom. The molecular weight excluding hydrogens is 1370 g/mol. The number of nitrogens with two attached hydrogens (primary N) is 1. The third kappa shape index (κ3) is 25.4. The van der Waals surface area contributed by atoms with Gasteiger partial charge in [0.2, 0.25) is 0 Å². The van der Waals surface area contributed by atoms with Crippen LogP contribution in [0.1, 0.15) is 163 Å². The van der Waals surface area contributed by atoms with Gasteiger partial charge in [0.1, 0.15) is 34.5 Å². The first kappa shape index (κ1) is 85.3. The van der Waals surface area contributed by atoms with Crippen LogP contribution in [0.25, 0.3) is 33.4 Å². The Morgan fingerprint density at radius 2 is 0.792 bits per heavy atom. The first-order chi connectivity index (χ1) is 46.6. The highest BCUT2D eigenvalue weighted by molar-refractivity contribution is 6.74.